The fourth-order valence-electron chi connectivity index (χ4n) is 8.03. The molecule has 0 aliphatic carbocycles. The minimum atomic E-state index is 0.871. The first-order valence-corrected chi connectivity index (χ1v) is 22.3. The maximum atomic E-state index is 6.43. The minimum absolute atomic E-state index is 0.871. The molecule has 0 saturated carbocycles. The highest BCUT2D eigenvalue weighted by Gasteiger charge is 2.23. The zero-order valence-corrected chi connectivity index (χ0v) is 34.8. The van der Waals surface area contributed by atoms with Crippen molar-refractivity contribution in [2.75, 3.05) is 0 Å². The van der Waals surface area contributed by atoms with Gasteiger partial charge in [0.2, 0.25) is 0 Å². The van der Waals surface area contributed by atoms with E-state index in [4.69, 9.17) is 8.83 Å². The Morgan fingerprint density at radius 1 is 0.308 bits per heavy atom. The molecule has 8 aromatic heterocycles. The normalized spacial score (nSPS) is 12.6. The van der Waals surface area contributed by atoms with E-state index in [0.717, 1.165) is 33.1 Å². The van der Waals surface area contributed by atoms with Crippen LogP contribution in [0.4, 0.5) is 0 Å². The number of hydrogen-bond acceptors (Lipinski definition) is 8. The molecule has 0 unspecified atom stereocenters. The lowest BCUT2D eigenvalue weighted by molar-refractivity contribution is 0.656. The van der Waals surface area contributed by atoms with E-state index in [1.54, 1.807) is 0 Å². The Morgan fingerprint density at radius 2 is 0.635 bits per heavy atom. The molecule has 12 aromatic rings. The van der Waals surface area contributed by atoms with Crippen LogP contribution in [0.5, 0.6) is 0 Å². The summed E-state index contributed by atoms with van der Waals surface area (Å²) in [5.41, 5.74) is 9.16. The number of thiophene rings is 6. The van der Waals surface area contributed by atoms with Gasteiger partial charge in [-0.25, -0.2) is 0 Å². The number of aryl methyl sites for hydroxylation is 8. The first-order chi connectivity index (χ1) is 25.1. The zero-order valence-electron chi connectivity index (χ0n) is 29.9. The van der Waals surface area contributed by atoms with Gasteiger partial charge < -0.3 is 8.83 Å². The van der Waals surface area contributed by atoms with Crippen molar-refractivity contribution in [1.29, 1.82) is 0 Å². The van der Waals surface area contributed by atoms with Gasteiger partial charge in [-0.15, -0.1) is 68.0 Å². The fourth-order valence-corrected chi connectivity index (χ4v) is 15.6. The summed E-state index contributed by atoms with van der Waals surface area (Å²) in [6.45, 7) is 17.7. The molecular formula is C44H32O2S6. The third-order valence-electron chi connectivity index (χ3n) is 11.4. The summed E-state index contributed by atoms with van der Waals surface area (Å²) in [7, 11) is 0. The van der Waals surface area contributed by atoms with Crippen LogP contribution >= 0.6 is 68.0 Å². The van der Waals surface area contributed by atoms with Gasteiger partial charge in [-0.3, -0.25) is 0 Å². The second-order valence-electron chi connectivity index (χ2n) is 14.1. The van der Waals surface area contributed by atoms with Crippen molar-refractivity contribution in [2.45, 2.75) is 55.4 Å². The predicted octanol–water partition coefficient (Wildman–Crippen LogP) is 16.9. The molecule has 0 amide bonds. The average Bonchev–Trinajstić information content (AvgIpc) is 4.00. The Hall–Kier alpha value is -3.76. The summed E-state index contributed by atoms with van der Waals surface area (Å²) >= 11 is 11.6. The number of rotatable bonds is 0. The van der Waals surface area contributed by atoms with Gasteiger partial charge in [-0.2, -0.15) is 0 Å². The predicted molar refractivity (Wildman–Crippen MR) is 238 cm³/mol. The molecular weight excluding hydrogens is 753 g/mol. The van der Waals surface area contributed by atoms with Crippen LogP contribution in [0.1, 0.15) is 41.8 Å². The van der Waals surface area contributed by atoms with Gasteiger partial charge in [0.1, 0.15) is 11.2 Å². The van der Waals surface area contributed by atoms with E-state index < -0.39 is 0 Å². The summed E-state index contributed by atoms with van der Waals surface area (Å²) in [5, 5.41) is 10.4. The number of benzene rings is 4. The third-order valence-corrected chi connectivity index (χ3v) is 19.1. The molecule has 8 heterocycles. The first-order valence-electron chi connectivity index (χ1n) is 17.4. The smallest absolute Gasteiger partial charge is 0.181 e. The number of hydrogen-bond donors (Lipinski definition) is 0. The highest BCUT2D eigenvalue weighted by molar-refractivity contribution is 7.40. The maximum absolute atomic E-state index is 6.43. The van der Waals surface area contributed by atoms with Crippen LogP contribution in [0.25, 0.3) is 103 Å². The second-order valence-corrected chi connectivity index (χ2v) is 21.1. The molecule has 0 bridgehead atoms. The van der Waals surface area contributed by atoms with Crippen LogP contribution in [0.15, 0.2) is 57.4 Å². The third kappa shape index (κ3) is 4.08. The van der Waals surface area contributed by atoms with Crippen molar-refractivity contribution in [3.05, 3.63) is 90.3 Å². The van der Waals surface area contributed by atoms with Gasteiger partial charge in [-0.1, -0.05) is 24.3 Å². The highest BCUT2D eigenvalue weighted by Crippen LogP contribution is 2.51. The summed E-state index contributed by atoms with van der Waals surface area (Å²) in [6, 6.07) is 18.1. The van der Waals surface area contributed by atoms with Crippen LogP contribution < -0.4 is 0 Å². The van der Waals surface area contributed by atoms with Crippen molar-refractivity contribution >= 4 is 171 Å². The average molecular weight is 785 g/mol. The van der Waals surface area contributed by atoms with Gasteiger partial charge in [0.05, 0.1) is 39.0 Å². The topological polar surface area (TPSA) is 26.3 Å². The number of fused-ring (bicyclic) bond motifs is 18. The van der Waals surface area contributed by atoms with Crippen LogP contribution in [-0.2, 0) is 0 Å². The highest BCUT2D eigenvalue weighted by atomic mass is 32.1. The second kappa shape index (κ2) is 10.9. The Kier molecular flexibility index (Phi) is 6.66. The lowest BCUT2D eigenvalue weighted by Crippen LogP contribution is -1.74. The molecule has 0 aliphatic rings. The van der Waals surface area contributed by atoms with Gasteiger partial charge in [-0.05, 0) is 113 Å². The van der Waals surface area contributed by atoms with Crippen molar-refractivity contribution in [3.63, 3.8) is 0 Å². The molecule has 2 nitrogen and oxygen atoms in total. The van der Waals surface area contributed by atoms with Crippen LogP contribution in [0.3, 0.4) is 0 Å². The van der Waals surface area contributed by atoms with E-state index in [1.807, 2.05) is 68.0 Å². The molecule has 4 aromatic carbocycles. The van der Waals surface area contributed by atoms with Crippen molar-refractivity contribution < 1.29 is 8.83 Å². The van der Waals surface area contributed by atoms with Crippen LogP contribution in [0.2, 0.25) is 0 Å². The van der Waals surface area contributed by atoms with Gasteiger partial charge in [0, 0.05) is 50.5 Å². The van der Waals surface area contributed by atoms with Gasteiger partial charge in [0.15, 0.2) is 11.2 Å². The van der Waals surface area contributed by atoms with Crippen LogP contribution in [-0.4, -0.2) is 0 Å². The molecule has 12 rings (SSSR count). The number of furan rings is 2. The minimum Gasteiger partial charge on any atom is -0.451 e. The van der Waals surface area contributed by atoms with Crippen molar-refractivity contribution in [2.24, 2.45) is 0 Å². The molecule has 0 aliphatic heterocycles. The van der Waals surface area contributed by atoms with Gasteiger partial charge >= 0.3 is 0 Å². The maximum Gasteiger partial charge on any atom is 0.181 e. The summed E-state index contributed by atoms with van der Waals surface area (Å²) in [5.74, 6) is 0. The summed E-state index contributed by atoms with van der Waals surface area (Å²) in [4.78, 5) is 5.58. The molecule has 0 radical (unpaired) electrons. The molecule has 0 atom stereocenters. The summed E-state index contributed by atoms with van der Waals surface area (Å²) in [6.07, 6.45) is 0. The van der Waals surface area contributed by atoms with E-state index in [2.05, 4.69) is 104 Å². The van der Waals surface area contributed by atoms with E-state index in [9.17, 15) is 0 Å². The molecule has 0 fully saturated rings. The SMILES string of the molecule is Cc1sc2c(ccc3c2sc2c4ccc5c(C)c(C)sc5c4sc32)c1C.Cc1sc2ccc3c4oc5c(ccc6sc(C)c(C)c65)c4oc3c2c1C. The zero-order chi connectivity index (χ0) is 35.5. The lowest BCUT2D eigenvalue weighted by atomic mass is 10.1. The van der Waals surface area contributed by atoms with Crippen LogP contribution in [0, 0.1) is 55.4 Å². The Labute approximate surface area is 323 Å². The Bertz CT molecular complexity index is 3270. The lowest BCUT2D eigenvalue weighted by Gasteiger charge is -1.96. The Balaban J connectivity index is 0.000000123. The van der Waals surface area contributed by atoms with E-state index in [0.29, 0.717) is 0 Å². The monoisotopic (exact) mass is 784 g/mol. The Morgan fingerprint density at radius 3 is 1.04 bits per heavy atom. The van der Waals surface area contributed by atoms with E-state index in [-0.39, 0.29) is 0 Å². The fraction of sp³-hybridized carbons (Fsp3) is 0.182. The van der Waals surface area contributed by atoms with E-state index >= 15 is 0 Å². The quantitative estimate of drug-likeness (QED) is 0.153. The molecule has 0 saturated heterocycles. The molecule has 0 N–H and O–H groups in total. The van der Waals surface area contributed by atoms with Crippen molar-refractivity contribution in [3.8, 4) is 0 Å². The standard InChI is InChI=1S/C22H16O2S2.C22H16S4/c1-9-11(3)25-15-7-5-13-19(17(9)15)23-22-14-6-8-16-18(10(2)12(4)26-16)20(14)24-21(13)22;1-9-11(3)23-17-13(9)5-7-15-19(17)25-22-16-8-6-14-10(2)12(4)24-18(14)20(16)26-21(15)22/h2*5-8H,1-4H3. The first kappa shape index (κ1) is 31.7. The summed E-state index contributed by atoms with van der Waals surface area (Å²) < 4.78 is 24.3. The molecule has 256 valence electrons. The molecule has 52 heavy (non-hydrogen) atoms. The van der Waals surface area contributed by atoms with Gasteiger partial charge in [0.25, 0.3) is 0 Å². The largest absolute Gasteiger partial charge is 0.451 e. The molecule has 0 spiro atoms. The van der Waals surface area contributed by atoms with Crippen molar-refractivity contribution in [1.82, 2.24) is 0 Å². The van der Waals surface area contributed by atoms with E-state index in [1.165, 1.54) is 112 Å². The molecule has 8 heteroatoms.